The van der Waals surface area contributed by atoms with Gasteiger partial charge in [0.05, 0.1) is 0 Å². The Morgan fingerprint density at radius 3 is 2.42 bits per heavy atom. The van der Waals surface area contributed by atoms with Gasteiger partial charge in [0.25, 0.3) is 0 Å². The van der Waals surface area contributed by atoms with Gasteiger partial charge in [-0.1, -0.05) is 13.8 Å². The Kier molecular flexibility index (Phi) is 10.1. The Morgan fingerprint density at radius 1 is 1.33 bits per heavy atom. The third-order valence-electron chi connectivity index (χ3n) is 1.87. The highest BCUT2D eigenvalue weighted by Crippen LogP contribution is 2.01. The van der Waals surface area contributed by atoms with Gasteiger partial charge in [0.15, 0.2) is 0 Å². The highest BCUT2D eigenvalue weighted by Gasteiger charge is 2.12. The lowest BCUT2D eigenvalue weighted by Crippen LogP contribution is -2.45. The van der Waals surface area contributed by atoms with Gasteiger partial charge >= 0.3 is 0 Å². The maximum atomic E-state index is 3.52. The molecule has 0 amide bonds. The summed E-state index contributed by atoms with van der Waals surface area (Å²) in [4.78, 5) is 0. The van der Waals surface area contributed by atoms with E-state index in [1.54, 1.807) is 0 Å². The van der Waals surface area contributed by atoms with Gasteiger partial charge < -0.3 is 10.6 Å². The molecule has 0 aliphatic carbocycles. The summed E-state index contributed by atoms with van der Waals surface area (Å²) in [6, 6.07) is 1.35. The molecule has 0 aromatic carbocycles. The number of halogens is 2. The average molecular weight is 215 g/mol. The summed E-state index contributed by atoms with van der Waals surface area (Å²) < 4.78 is 0. The predicted molar refractivity (Wildman–Crippen MR) is 58.7 cm³/mol. The fourth-order valence-corrected chi connectivity index (χ4v) is 1.47. The number of piperidine rings is 1. The summed E-state index contributed by atoms with van der Waals surface area (Å²) >= 11 is 0. The van der Waals surface area contributed by atoms with Gasteiger partial charge in [0, 0.05) is 18.6 Å². The highest BCUT2D eigenvalue weighted by atomic mass is 35.5. The Morgan fingerprint density at radius 2 is 2.00 bits per heavy atom. The van der Waals surface area contributed by atoms with Crippen LogP contribution in [-0.4, -0.2) is 25.2 Å². The predicted octanol–water partition coefficient (Wildman–Crippen LogP) is 1.58. The monoisotopic (exact) mass is 214 g/mol. The zero-order valence-electron chi connectivity index (χ0n) is 7.80. The molecule has 1 aliphatic rings. The molecule has 1 atom stereocenters. The molecule has 0 bridgehead atoms. The first kappa shape index (κ1) is 15.0. The SMILES string of the molecule is CC(C)N[C@H]1CCCNC1.Cl.Cl. The second-order valence-electron chi connectivity index (χ2n) is 3.36. The first-order valence-electron chi connectivity index (χ1n) is 4.26. The van der Waals surface area contributed by atoms with Crippen molar-refractivity contribution in [3.63, 3.8) is 0 Å². The van der Waals surface area contributed by atoms with Crippen LogP contribution < -0.4 is 10.6 Å². The van der Waals surface area contributed by atoms with Crippen LogP contribution in [0.4, 0.5) is 0 Å². The van der Waals surface area contributed by atoms with Crippen LogP contribution in [0.3, 0.4) is 0 Å². The van der Waals surface area contributed by atoms with Crippen molar-refractivity contribution in [2.24, 2.45) is 0 Å². The molecule has 0 aromatic rings. The number of hydrogen-bond acceptors (Lipinski definition) is 2. The molecular formula is C8H20Cl2N2. The molecule has 0 spiro atoms. The summed E-state index contributed by atoms with van der Waals surface area (Å²) in [7, 11) is 0. The molecular weight excluding hydrogens is 195 g/mol. The zero-order valence-corrected chi connectivity index (χ0v) is 9.43. The first-order chi connectivity index (χ1) is 4.79. The lowest BCUT2D eigenvalue weighted by Gasteiger charge is -2.25. The van der Waals surface area contributed by atoms with Crippen LogP contribution >= 0.6 is 24.8 Å². The van der Waals surface area contributed by atoms with E-state index in [9.17, 15) is 0 Å². The van der Waals surface area contributed by atoms with Crippen LogP contribution in [0.5, 0.6) is 0 Å². The Labute approximate surface area is 87.7 Å². The molecule has 0 unspecified atom stereocenters. The molecule has 0 radical (unpaired) electrons. The van der Waals surface area contributed by atoms with Crippen molar-refractivity contribution in [3.05, 3.63) is 0 Å². The minimum atomic E-state index is 0. The van der Waals surface area contributed by atoms with Crippen molar-refractivity contribution in [1.29, 1.82) is 0 Å². The van der Waals surface area contributed by atoms with Gasteiger partial charge in [0.2, 0.25) is 0 Å². The van der Waals surface area contributed by atoms with Crippen molar-refractivity contribution in [2.75, 3.05) is 13.1 Å². The normalized spacial score (nSPS) is 22.8. The molecule has 0 aromatic heterocycles. The van der Waals surface area contributed by atoms with E-state index in [1.807, 2.05) is 0 Å². The second kappa shape index (κ2) is 8.11. The molecule has 1 saturated heterocycles. The molecule has 2 N–H and O–H groups in total. The fourth-order valence-electron chi connectivity index (χ4n) is 1.47. The Balaban J connectivity index is 0. The third kappa shape index (κ3) is 6.06. The van der Waals surface area contributed by atoms with Crippen molar-refractivity contribution in [3.8, 4) is 0 Å². The summed E-state index contributed by atoms with van der Waals surface area (Å²) in [5.41, 5.74) is 0. The van der Waals surface area contributed by atoms with Gasteiger partial charge in [-0.2, -0.15) is 0 Å². The topological polar surface area (TPSA) is 24.1 Å². The smallest absolute Gasteiger partial charge is 0.0195 e. The molecule has 1 fully saturated rings. The molecule has 1 heterocycles. The van der Waals surface area contributed by atoms with E-state index in [-0.39, 0.29) is 24.8 Å². The van der Waals surface area contributed by atoms with Crippen molar-refractivity contribution in [1.82, 2.24) is 10.6 Å². The Hall–Kier alpha value is 0.500. The van der Waals surface area contributed by atoms with Crippen LogP contribution in [0, 0.1) is 0 Å². The fraction of sp³-hybridized carbons (Fsp3) is 1.00. The van der Waals surface area contributed by atoms with E-state index < -0.39 is 0 Å². The molecule has 2 nitrogen and oxygen atoms in total. The minimum absolute atomic E-state index is 0. The zero-order chi connectivity index (χ0) is 7.40. The van der Waals surface area contributed by atoms with Crippen LogP contribution in [-0.2, 0) is 0 Å². The summed E-state index contributed by atoms with van der Waals surface area (Å²) in [5.74, 6) is 0. The summed E-state index contributed by atoms with van der Waals surface area (Å²) in [6.45, 7) is 6.76. The van der Waals surface area contributed by atoms with Crippen LogP contribution in [0.2, 0.25) is 0 Å². The largest absolute Gasteiger partial charge is 0.315 e. The molecule has 1 rings (SSSR count). The maximum absolute atomic E-state index is 3.52. The summed E-state index contributed by atoms with van der Waals surface area (Å²) in [6.07, 6.45) is 2.66. The van der Waals surface area contributed by atoms with Gasteiger partial charge in [-0.25, -0.2) is 0 Å². The molecule has 0 saturated carbocycles. The summed E-state index contributed by atoms with van der Waals surface area (Å²) in [5, 5.41) is 6.90. The van der Waals surface area contributed by atoms with E-state index in [0.29, 0.717) is 12.1 Å². The van der Waals surface area contributed by atoms with E-state index in [0.717, 1.165) is 6.54 Å². The number of hydrogen-bond donors (Lipinski definition) is 2. The minimum Gasteiger partial charge on any atom is -0.315 e. The van der Waals surface area contributed by atoms with Gasteiger partial charge in [-0.15, -0.1) is 24.8 Å². The van der Waals surface area contributed by atoms with E-state index in [2.05, 4.69) is 24.5 Å². The molecule has 76 valence electrons. The van der Waals surface area contributed by atoms with Gasteiger partial charge in [0.1, 0.15) is 0 Å². The standard InChI is InChI=1S/C8H18N2.2ClH/c1-7(2)10-8-4-3-5-9-6-8;;/h7-10H,3-6H2,1-2H3;2*1H/t8-;;/m0../s1. The first-order valence-corrected chi connectivity index (χ1v) is 4.26. The van der Waals surface area contributed by atoms with Crippen molar-refractivity contribution >= 4 is 24.8 Å². The van der Waals surface area contributed by atoms with E-state index in [4.69, 9.17) is 0 Å². The van der Waals surface area contributed by atoms with Gasteiger partial charge in [-0.3, -0.25) is 0 Å². The molecule has 1 aliphatic heterocycles. The van der Waals surface area contributed by atoms with Crippen molar-refractivity contribution in [2.45, 2.75) is 38.8 Å². The molecule has 4 heteroatoms. The highest BCUT2D eigenvalue weighted by molar-refractivity contribution is 5.85. The average Bonchev–Trinajstić information content (AvgIpc) is 1.88. The molecule has 12 heavy (non-hydrogen) atoms. The van der Waals surface area contributed by atoms with Crippen molar-refractivity contribution < 1.29 is 0 Å². The second-order valence-corrected chi connectivity index (χ2v) is 3.36. The van der Waals surface area contributed by atoms with Crippen LogP contribution in [0.15, 0.2) is 0 Å². The van der Waals surface area contributed by atoms with E-state index >= 15 is 0 Å². The maximum Gasteiger partial charge on any atom is 0.0195 e. The number of rotatable bonds is 2. The lowest BCUT2D eigenvalue weighted by atomic mass is 10.1. The lowest BCUT2D eigenvalue weighted by molar-refractivity contribution is 0.367. The number of nitrogens with one attached hydrogen (secondary N) is 2. The van der Waals surface area contributed by atoms with Crippen LogP contribution in [0.1, 0.15) is 26.7 Å². The van der Waals surface area contributed by atoms with E-state index in [1.165, 1.54) is 19.4 Å². The third-order valence-corrected chi connectivity index (χ3v) is 1.87. The Bertz CT molecular complexity index is 93.1. The quantitative estimate of drug-likeness (QED) is 0.730. The van der Waals surface area contributed by atoms with Gasteiger partial charge in [-0.05, 0) is 19.4 Å². The van der Waals surface area contributed by atoms with Crippen LogP contribution in [0.25, 0.3) is 0 Å².